The highest BCUT2D eigenvalue weighted by Crippen LogP contribution is 2.22. The Kier molecular flexibility index (Phi) is 3.05. The topological polar surface area (TPSA) is 30.0 Å². The summed E-state index contributed by atoms with van der Waals surface area (Å²) in [6, 6.07) is 8.02. The van der Waals surface area contributed by atoms with Crippen LogP contribution in [-0.4, -0.2) is 10.8 Å². The van der Waals surface area contributed by atoms with Crippen molar-refractivity contribution in [1.82, 2.24) is 4.98 Å². The van der Waals surface area contributed by atoms with Crippen molar-refractivity contribution in [2.45, 2.75) is 20.8 Å². The quantitative estimate of drug-likeness (QED) is 0.731. The largest absolute Gasteiger partial charge is 0.295 e. The maximum atomic E-state index is 11.5. The van der Waals surface area contributed by atoms with Gasteiger partial charge in [-0.2, -0.15) is 0 Å². The Hall–Kier alpha value is -1.96. The van der Waals surface area contributed by atoms with Crippen molar-refractivity contribution in [3.63, 3.8) is 0 Å². The van der Waals surface area contributed by atoms with Crippen molar-refractivity contribution in [2.75, 3.05) is 0 Å². The molecule has 2 aromatic rings. The van der Waals surface area contributed by atoms with Crippen LogP contribution in [0.1, 0.15) is 28.4 Å². The molecule has 0 spiro atoms. The molecule has 2 nitrogen and oxygen atoms in total. The molecule has 0 amide bonds. The van der Waals surface area contributed by atoms with Gasteiger partial charge in [0, 0.05) is 23.5 Å². The van der Waals surface area contributed by atoms with E-state index in [1.165, 1.54) is 0 Å². The Morgan fingerprint density at radius 3 is 2.47 bits per heavy atom. The fourth-order valence-corrected chi connectivity index (χ4v) is 1.89. The summed E-state index contributed by atoms with van der Waals surface area (Å²) in [4.78, 5) is 15.7. The Bertz CT molecular complexity index is 573. The number of pyridine rings is 1. The van der Waals surface area contributed by atoms with Gasteiger partial charge in [-0.15, -0.1) is 0 Å². The number of hydrogen-bond donors (Lipinski definition) is 0. The van der Waals surface area contributed by atoms with E-state index >= 15 is 0 Å². The van der Waals surface area contributed by atoms with E-state index in [1.54, 1.807) is 6.92 Å². The van der Waals surface area contributed by atoms with E-state index in [-0.39, 0.29) is 5.78 Å². The minimum absolute atomic E-state index is 0.102. The molecule has 0 aliphatic heterocycles. The summed E-state index contributed by atoms with van der Waals surface area (Å²) in [5, 5.41) is 0. The molecular formula is C15H15NO. The maximum absolute atomic E-state index is 11.5. The van der Waals surface area contributed by atoms with Gasteiger partial charge in [0.25, 0.3) is 0 Å². The van der Waals surface area contributed by atoms with Crippen LogP contribution in [-0.2, 0) is 0 Å². The van der Waals surface area contributed by atoms with Crippen LogP contribution >= 0.6 is 0 Å². The second-order valence-corrected chi connectivity index (χ2v) is 4.34. The summed E-state index contributed by atoms with van der Waals surface area (Å²) in [5.41, 5.74) is 5.00. The summed E-state index contributed by atoms with van der Waals surface area (Å²) in [6.45, 7) is 5.56. The molecule has 86 valence electrons. The van der Waals surface area contributed by atoms with E-state index in [4.69, 9.17) is 0 Å². The Labute approximate surface area is 101 Å². The zero-order valence-electron chi connectivity index (χ0n) is 10.3. The van der Waals surface area contributed by atoms with Gasteiger partial charge in [0.1, 0.15) is 0 Å². The fraction of sp³-hybridized carbons (Fsp3) is 0.200. The van der Waals surface area contributed by atoms with E-state index in [9.17, 15) is 4.79 Å². The van der Waals surface area contributed by atoms with Crippen molar-refractivity contribution in [3.05, 3.63) is 53.3 Å². The number of nitrogens with zero attached hydrogens (tertiary/aromatic N) is 1. The first kappa shape index (κ1) is 11.5. The second kappa shape index (κ2) is 4.50. The van der Waals surface area contributed by atoms with Crippen molar-refractivity contribution in [2.24, 2.45) is 0 Å². The maximum Gasteiger partial charge on any atom is 0.160 e. The van der Waals surface area contributed by atoms with Gasteiger partial charge in [-0.05, 0) is 49.6 Å². The Morgan fingerprint density at radius 2 is 1.82 bits per heavy atom. The first-order chi connectivity index (χ1) is 8.08. The van der Waals surface area contributed by atoms with Gasteiger partial charge in [0.2, 0.25) is 0 Å². The molecule has 0 saturated carbocycles. The monoisotopic (exact) mass is 225 g/mol. The SMILES string of the molecule is CC(=O)c1cc(-c2cncc(C)c2)ccc1C. The van der Waals surface area contributed by atoms with Gasteiger partial charge in [-0.1, -0.05) is 12.1 Å². The molecule has 0 fully saturated rings. The number of benzene rings is 1. The van der Waals surface area contributed by atoms with Crippen molar-refractivity contribution >= 4 is 5.78 Å². The van der Waals surface area contributed by atoms with Crippen LogP contribution in [0.4, 0.5) is 0 Å². The number of carbonyl (C=O) groups is 1. The zero-order valence-corrected chi connectivity index (χ0v) is 10.3. The number of Topliss-reactive ketones (excluding diaryl/α,β-unsaturated/α-hetero) is 1. The van der Waals surface area contributed by atoms with Crippen molar-refractivity contribution < 1.29 is 4.79 Å². The van der Waals surface area contributed by atoms with E-state index < -0.39 is 0 Å². The number of ketones is 1. The second-order valence-electron chi connectivity index (χ2n) is 4.34. The highest BCUT2D eigenvalue weighted by atomic mass is 16.1. The molecule has 0 bridgehead atoms. The molecule has 2 rings (SSSR count). The highest BCUT2D eigenvalue weighted by Gasteiger charge is 2.06. The van der Waals surface area contributed by atoms with Gasteiger partial charge in [-0.25, -0.2) is 0 Å². The van der Waals surface area contributed by atoms with Crippen molar-refractivity contribution in [3.8, 4) is 11.1 Å². The van der Waals surface area contributed by atoms with Crippen LogP contribution in [0.2, 0.25) is 0 Å². The average molecular weight is 225 g/mol. The lowest BCUT2D eigenvalue weighted by Crippen LogP contribution is -1.96. The van der Waals surface area contributed by atoms with Crippen molar-refractivity contribution in [1.29, 1.82) is 0 Å². The van der Waals surface area contributed by atoms with Crippen LogP contribution in [0.3, 0.4) is 0 Å². The third-order valence-corrected chi connectivity index (χ3v) is 2.83. The molecule has 0 unspecified atom stereocenters. The normalized spacial score (nSPS) is 10.3. The van der Waals surface area contributed by atoms with Crippen LogP contribution in [0, 0.1) is 13.8 Å². The lowest BCUT2D eigenvalue weighted by Gasteiger charge is -2.07. The number of rotatable bonds is 2. The van der Waals surface area contributed by atoms with Gasteiger partial charge in [0.05, 0.1) is 0 Å². The van der Waals surface area contributed by atoms with Crippen LogP contribution in [0.5, 0.6) is 0 Å². The minimum atomic E-state index is 0.102. The third-order valence-electron chi connectivity index (χ3n) is 2.83. The van der Waals surface area contributed by atoms with Crippen LogP contribution < -0.4 is 0 Å². The number of aromatic nitrogens is 1. The van der Waals surface area contributed by atoms with Gasteiger partial charge >= 0.3 is 0 Å². The standard InChI is InChI=1S/C15H15NO/c1-10-6-14(9-16-8-10)13-5-4-11(2)15(7-13)12(3)17/h4-9H,1-3H3. The average Bonchev–Trinajstić information content (AvgIpc) is 2.29. The summed E-state index contributed by atoms with van der Waals surface area (Å²) < 4.78 is 0. The summed E-state index contributed by atoms with van der Waals surface area (Å²) in [7, 11) is 0. The lowest BCUT2D eigenvalue weighted by molar-refractivity contribution is 0.101. The highest BCUT2D eigenvalue weighted by molar-refractivity contribution is 5.96. The van der Waals surface area contributed by atoms with Gasteiger partial charge in [-0.3, -0.25) is 9.78 Å². The molecule has 2 heteroatoms. The Balaban J connectivity index is 2.54. The molecule has 0 atom stereocenters. The molecule has 0 aliphatic rings. The molecule has 1 aromatic carbocycles. The molecule has 0 saturated heterocycles. The number of carbonyl (C=O) groups excluding carboxylic acids is 1. The first-order valence-corrected chi connectivity index (χ1v) is 5.61. The third kappa shape index (κ3) is 2.41. The van der Waals surface area contributed by atoms with E-state index in [0.29, 0.717) is 0 Å². The van der Waals surface area contributed by atoms with Crippen LogP contribution in [0.25, 0.3) is 11.1 Å². The zero-order chi connectivity index (χ0) is 12.4. The molecule has 0 N–H and O–H groups in total. The minimum Gasteiger partial charge on any atom is -0.295 e. The predicted octanol–water partition coefficient (Wildman–Crippen LogP) is 3.57. The number of aryl methyl sites for hydroxylation is 2. The molecule has 1 heterocycles. The summed E-state index contributed by atoms with van der Waals surface area (Å²) >= 11 is 0. The predicted molar refractivity (Wildman–Crippen MR) is 69.2 cm³/mol. The van der Waals surface area contributed by atoms with Gasteiger partial charge in [0.15, 0.2) is 5.78 Å². The number of hydrogen-bond acceptors (Lipinski definition) is 2. The van der Waals surface area contributed by atoms with Gasteiger partial charge < -0.3 is 0 Å². The van der Waals surface area contributed by atoms with Crippen LogP contribution in [0.15, 0.2) is 36.7 Å². The molecular weight excluding hydrogens is 210 g/mol. The first-order valence-electron chi connectivity index (χ1n) is 5.61. The molecule has 0 aliphatic carbocycles. The smallest absolute Gasteiger partial charge is 0.160 e. The lowest BCUT2D eigenvalue weighted by atomic mass is 9.98. The molecule has 1 aromatic heterocycles. The summed E-state index contributed by atoms with van der Waals surface area (Å²) in [5.74, 6) is 0.102. The molecule has 17 heavy (non-hydrogen) atoms. The van der Waals surface area contributed by atoms with E-state index in [1.807, 2.05) is 44.4 Å². The Morgan fingerprint density at radius 1 is 1.06 bits per heavy atom. The summed E-state index contributed by atoms with van der Waals surface area (Å²) in [6.07, 6.45) is 3.64. The molecule has 0 radical (unpaired) electrons. The fourth-order valence-electron chi connectivity index (χ4n) is 1.89. The van der Waals surface area contributed by atoms with E-state index in [2.05, 4.69) is 11.1 Å². The van der Waals surface area contributed by atoms with E-state index in [0.717, 1.165) is 27.8 Å².